The van der Waals surface area contributed by atoms with Gasteiger partial charge in [-0.15, -0.1) is 0 Å². The van der Waals surface area contributed by atoms with Crippen LogP contribution in [0.25, 0.3) is 0 Å². The maximum absolute atomic E-state index is 13.1. The second-order valence-electron chi connectivity index (χ2n) is 4.09. The molecule has 0 saturated carbocycles. The number of rotatable bonds is 2. The molecular formula is C13H19F2N3O. The predicted molar refractivity (Wildman–Crippen MR) is 71.4 cm³/mol. The summed E-state index contributed by atoms with van der Waals surface area (Å²) in [7, 11) is 0. The van der Waals surface area contributed by atoms with Crippen LogP contribution in [0, 0.1) is 0 Å². The van der Waals surface area contributed by atoms with Crippen LogP contribution in [-0.4, -0.2) is 34.9 Å². The van der Waals surface area contributed by atoms with Gasteiger partial charge in [0.05, 0.1) is 12.3 Å². The Morgan fingerprint density at radius 1 is 1.47 bits per heavy atom. The van der Waals surface area contributed by atoms with Crippen molar-refractivity contribution in [2.24, 2.45) is 5.16 Å². The SMILES string of the molecule is C/C(=N\O)c1cccnc1N1CCC(F)(F)C1.CC. The van der Waals surface area contributed by atoms with Gasteiger partial charge in [0, 0.05) is 24.7 Å². The Bertz CT molecular complexity index is 449. The highest BCUT2D eigenvalue weighted by Gasteiger charge is 2.39. The van der Waals surface area contributed by atoms with Crippen LogP contribution in [0.3, 0.4) is 0 Å². The summed E-state index contributed by atoms with van der Waals surface area (Å²) < 4.78 is 26.3. The van der Waals surface area contributed by atoms with E-state index in [0.717, 1.165) is 0 Å². The molecule has 1 saturated heterocycles. The van der Waals surface area contributed by atoms with Crippen molar-refractivity contribution in [3.05, 3.63) is 23.9 Å². The lowest BCUT2D eigenvalue weighted by Crippen LogP contribution is -2.27. The third kappa shape index (κ3) is 3.62. The topological polar surface area (TPSA) is 48.7 Å². The molecule has 4 nitrogen and oxygen atoms in total. The van der Waals surface area contributed by atoms with E-state index in [1.807, 2.05) is 13.8 Å². The molecule has 1 aromatic heterocycles. The number of oxime groups is 1. The number of nitrogens with zero attached hydrogens (tertiary/aromatic N) is 3. The van der Waals surface area contributed by atoms with Crippen LogP contribution in [0.1, 0.15) is 32.8 Å². The van der Waals surface area contributed by atoms with Gasteiger partial charge in [0.2, 0.25) is 0 Å². The fourth-order valence-corrected chi connectivity index (χ4v) is 1.90. The van der Waals surface area contributed by atoms with Gasteiger partial charge in [0.25, 0.3) is 5.92 Å². The first kappa shape index (κ1) is 15.3. The van der Waals surface area contributed by atoms with Gasteiger partial charge in [-0.2, -0.15) is 0 Å². The Labute approximate surface area is 111 Å². The van der Waals surface area contributed by atoms with Gasteiger partial charge < -0.3 is 10.1 Å². The van der Waals surface area contributed by atoms with E-state index in [-0.39, 0.29) is 19.5 Å². The molecule has 0 unspecified atom stereocenters. The third-order valence-corrected chi connectivity index (χ3v) is 2.80. The zero-order valence-corrected chi connectivity index (χ0v) is 11.4. The lowest BCUT2D eigenvalue weighted by atomic mass is 10.1. The number of hydrogen-bond donors (Lipinski definition) is 1. The van der Waals surface area contributed by atoms with Crippen molar-refractivity contribution >= 4 is 11.5 Å². The summed E-state index contributed by atoms with van der Waals surface area (Å²) in [6, 6.07) is 3.38. The smallest absolute Gasteiger partial charge is 0.266 e. The Kier molecular flexibility index (Phi) is 5.20. The van der Waals surface area contributed by atoms with Crippen molar-refractivity contribution in [3.63, 3.8) is 0 Å². The molecule has 19 heavy (non-hydrogen) atoms. The zero-order valence-electron chi connectivity index (χ0n) is 11.4. The highest BCUT2D eigenvalue weighted by Crippen LogP contribution is 2.31. The van der Waals surface area contributed by atoms with Crippen molar-refractivity contribution < 1.29 is 14.0 Å². The van der Waals surface area contributed by atoms with Crippen molar-refractivity contribution in [1.82, 2.24) is 4.98 Å². The lowest BCUT2D eigenvalue weighted by molar-refractivity contribution is 0.0256. The summed E-state index contributed by atoms with van der Waals surface area (Å²) in [6.07, 6.45) is 1.37. The molecule has 0 aromatic carbocycles. The summed E-state index contributed by atoms with van der Waals surface area (Å²) in [4.78, 5) is 5.61. The summed E-state index contributed by atoms with van der Waals surface area (Å²) in [5, 5.41) is 11.8. The molecule has 2 heterocycles. The number of aromatic nitrogens is 1. The van der Waals surface area contributed by atoms with Gasteiger partial charge >= 0.3 is 0 Å². The molecule has 0 aliphatic carbocycles. The first-order valence-electron chi connectivity index (χ1n) is 6.30. The van der Waals surface area contributed by atoms with Gasteiger partial charge in [-0.3, -0.25) is 0 Å². The second-order valence-corrected chi connectivity index (χ2v) is 4.09. The Morgan fingerprint density at radius 3 is 2.68 bits per heavy atom. The van der Waals surface area contributed by atoms with Crippen molar-refractivity contribution in [2.45, 2.75) is 33.1 Å². The molecule has 1 aliphatic rings. The van der Waals surface area contributed by atoms with Crippen molar-refractivity contribution in [1.29, 1.82) is 0 Å². The minimum Gasteiger partial charge on any atom is -0.411 e. The largest absolute Gasteiger partial charge is 0.411 e. The number of alkyl halides is 2. The van der Waals surface area contributed by atoms with Crippen LogP contribution < -0.4 is 4.90 Å². The maximum atomic E-state index is 13.1. The Morgan fingerprint density at radius 2 is 2.16 bits per heavy atom. The van der Waals surface area contributed by atoms with E-state index in [4.69, 9.17) is 5.21 Å². The molecule has 6 heteroatoms. The molecule has 0 amide bonds. The molecule has 1 N–H and O–H groups in total. The standard InChI is InChI=1S/C11H13F2N3O.C2H6/c1-8(15-17)9-3-2-5-14-10(9)16-6-4-11(12,13)7-16;1-2/h2-3,5,17H,4,6-7H2,1H3;1-2H3/b15-8+;. The number of halogens is 2. The maximum Gasteiger partial charge on any atom is 0.266 e. The predicted octanol–water partition coefficient (Wildman–Crippen LogP) is 3.15. The fraction of sp³-hybridized carbons (Fsp3) is 0.538. The molecule has 0 radical (unpaired) electrons. The molecule has 2 rings (SSSR count). The quantitative estimate of drug-likeness (QED) is 0.510. The molecule has 1 aromatic rings. The van der Waals surface area contributed by atoms with E-state index in [9.17, 15) is 8.78 Å². The van der Waals surface area contributed by atoms with E-state index >= 15 is 0 Å². The minimum absolute atomic E-state index is 0.168. The Balaban J connectivity index is 0.000000861. The van der Waals surface area contributed by atoms with E-state index in [1.165, 1.54) is 4.90 Å². The van der Waals surface area contributed by atoms with Crippen LogP contribution >= 0.6 is 0 Å². The third-order valence-electron chi connectivity index (χ3n) is 2.80. The average Bonchev–Trinajstić information content (AvgIpc) is 2.80. The van der Waals surface area contributed by atoms with Gasteiger partial charge in [0.1, 0.15) is 5.82 Å². The first-order valence-corrected chi connectivity index (χ1v) is 6.30. The number of anilines is 1. The molecule has 106 valence electrons. The van der Waals surface area contributed by atoms with E-state index in [0.29, 0.717) is 17.1 Å². The zero-order chi connectivity index (χ0) is 14.5. The van der Waals surface area contributed by atoms with Crippen LogP contribution in [0.15, 0.2) is 23.5 Å². The summed E-state index contributed by atoms with van der Waals surface area (Å²) >= 11 is 0. The highest BCUT2D eigenvalue weighted by atomic mass is 19.3. The molecule has 1 fully saturated rings. The van der Waals surface area contributed by atoms with Gasteiger partial charge in [0.15, 0.2) is 0 Å². The molecule has 1 aliphatic heterocycles. The van der Waals surface area contributed by atoms with Crippen LogP contribution in [-0.2, 0) is 0 Å². The normalized spacial score (nSPS) is 17.9. The van der Waals surface area contributed by atoms with E-state index < -0.39 is 5.92 Å². The van der Waals surface area contributed by atoms with E-state index in [1.54, 1.807) is 25.3 Å². The highest BCUT2D eigenvalue weighted by molar-refractivity contribution is 6.02. The molecule has 0 spiro atoms. The molecular weight excluding hydrogens is 252 g/mol. The summed E-state index contributed by atoms with van der Waals surface area (Å²) in [5.41, 5.74) is 0.941. The molecule has 0 bridgehead atoms. The monoisotopic (exact) mass is 271 g/mol. The van der Waals surface area contributed by atoms with Crippen molar-refractivity contribution in [2.75, 3.05) is 18.0 Å². The fourth-order valence-electron chi connectivity index (χ4n) is 1.90. The van der Waals surface area contributed by atoms with Crippen LogP contribution in [0.2, 0.25) is 0 Å². The first-order chi connectivity index (χ1) is 9.03. The molecule has 0 atom stereocenters. The number of hydrogen-bond acceptors (Lipinski definition) is 4. The van der Waals surface area contributed by atoms with Crippen molar-refractivity contribution in [3.8, 4) is 0 Å². The van der Waals surface area contributed by atoms with Gasteiger partial charge in [-0.25, -0.2) is 13.8 Å². The van der Waals surface area contributed by atoms with Crippen LogP contribution in [0.5, 0.6) is 0 Å². The van der Waals surface area contributed by atoms with E-state index in [2.05, 4.69) is 10.1 Å². The van der Waals surface area contributed by atoms with Crippen LogP contribution in [0.4, 0.5) is 14.6 Å². The average molecular weight is 271 g/mol. The van der Waals surface area contributed by atoms with Gasteiger partial charge in [-0.05, 0) is 19.1 Å². The number of pyridine rings is 1. The summed E-state index contributed by atoms with van der Waals surface area (Å²) in [5.74, 6) is -2.22. The van der Waals surface area contributed by atoms with Gasteiger partial charge in [-0.1, -0.05) is 19.0 Å². The summed E-state index contributed by atoms with van der Waals surface area (Å²) in [6.45, 7) is 5.53. The Hall–Kier alpha value is -1.72. The lowest BCUT2D eigenvalue weighted by Gasteiger charge is -2.19. The minimum atomic E-state index is -2.67. The second kappa shape index (κ2) is 6.45.